The smallest absolute Gasteiger partial charge is 0.273 e. The zero-order chi connectivity index (χ0) is 11.5. The normalized spacial score (nSPS) is 24.3. The van der Waals surface area contributed by atoms with E-state index in [1.807, 2.05) is 0 Å². The first-order valence-electron chi connectivity index (χ1n) is 5.37. The highest BCUT2D eigenvalue weighted by Gasteiger charge is 2.24. The van der Waals surface area contributed by atoms with Gasteiger partial charge in [-0.05, 0) is 31.4 Å². The summed E-state index contributed by atoms with van der Waals surface area (Å²) in [7, 11) is 0. The first-order chi connectivity index (χ1) is 7.66. The van der Waals surface area contributed by atoms with Crippen LogP contribution in [0.1, 0.15) is 29.8 Å². The average Bonchev–Trinajstić information content (AvgIpc) is 2.64. The lowest BCUT2D eigenvalue weighted by atomic mass is 10.2. The standard InChI is InChI=1S/C11H15N3O2/c12-7-3-4-8(6-7)14-11(16)10-9(15)2-1-5-13-10/h1-2,5,7-8,15H,3-4,6,12H2,(H,14,16)/t7-,8-/m1/s1. The van der Waals surface area contributed by atoms with Gasteiger partial charge in [-0.25, -0.2) is 4.98 Å². The van der Waals surface area contributed by atoms with Crippen molar-refractivity contribution in [1.82, 2.24) is 10.3 Å². The van der Waals surface area contributed by atoms with Crippen LogP contribution >= 0.6 is 0 Å². The third kappa shape index (κ3) is 2.30. The van der Waals surface area contributed by atoms with Gasteiger partial charge in [-0.3, -0.25) is 4.79 Å². The second-order valence-electron chi connectivity index (χ2n) is 4.11. The summed E-state index contributed by atoms with van der Waals surface area (Å²) >= 11 is 0. The molecule has 5 heteroatoms. The number of hydrogen-bond donors (Lipinski definition) is 3. The minimum Gasteiger partial charge on any atom is -0.505 e. The van der Waals surface area contributed by atoms with Gasteiger partial charge in [-0.2, -0.15) is 0 Å². The molecule has 0 saturated heterocycles. The highest BCUT2D eigenvalue weighted by atomic mass is 16.3. The number of amides is 1. The summed E-state index contributed by atoms with van der Waals surface area (Å²) in [5, 5.41) is 12.3. The largest absolute Gasteiger partial charge is 0.505 e. The van der Waals surface area contributed by atoms with Crippen LogP contribution in [0, 0.1) is 0 Å². The van der Waals surface area contributed by atoms with E-state index in [0.717, 1.165) is 19.3 Å². The van der Waals surface area contributed by atoms with Crippen LogP contribution in [0.15, 0.2) is 18.3 Å². The highest BCUT2D eigenvalue weighted by Crippen LogP contribution is 2.18. The number of nitrogens with two attached hydrogens (primary N) is 1. The fourth-order valence-electron chi connectivity index (χ4n) is 1.97. The SMILES string of the molecule is N[C@@H]1CC[C@@H](NC(=O)c2ncccc2O)C1. The minimum atomic E-state index is -0.336. The fourth-order valence-corrected chi connectivity index (χ4v) is 1.97. The van der Waals surface area contributed by atoms with Crippen LogP contribution in [0.25, 0.3) is 0 Å². The Balaban J connectivity index is 2.01. The number of aromatic hydroxyl groups is 1. The highest BCUT2D eigenvalue weighted by molar-refractivity contribution is 5.94. The van der Waals surface area contributed by atoms with Crippen molar-refractivity contribution in [3.05, 3.63) is 24.0 Å². The second-order valence-corrected chi connectivity index (χ2v) is 4.11. The molecule has 1 aliphatic rings. The molecular weight excluding hydrogens is 206 g/mol. The van der Waals surface area contributed by atoms with Crippen molar-refractivity contribution in [3.63, 3.8) is 0 Å². The van der Waals surface area contributed by atoms with Crippen molar-refractivity contribution in [2.45, 2.75) is 31.3 Å². The number of carbonyl (C=O) groups excluding carboxylic acids is 1. The number of hydrogen-bond acceptors (Lipinski definition) is 4. The van der Waals surface area contributed by atoms with E-state index in [1.54, 1.807) is 6.07 Å². The number of rotatable bonds is 2. The molecule has 0 aliphatic heterocycles. The van der Waals surface area contributed by atoms with Crippen molar-refractivity contribution >= 4 is 5.91 Å². The zero-order valence-electron chi connectivity index (χ0n) is 8.89. The van der Waals surface area contributed by atoms with Gasteiger partial charge < -0.3 is 16.2 Å². The molecule has 16 heavy (non-hydrogen) atoms. The molecule has 0 radical (unpaired) electrons. The molecule has 1 aromatic rings. The molecule has 0 unspecified atom stereocenters. The molecule has 86 valence electrons. The molecule has 1 fully saturated rings. The van der Waals surface area contributed by atoms with Gasteiger partial charge in [0.2, 0.25) is 0 Å². The van der Waals surface area contributed by atoms with Crippen molar-refractivity contribution in [1.29, 1.82) is 0 Å². The molecule has 1 amide bonds. The van der Waals surface area contributed by atoms with E-state index < -0.39 is 0 Å². The lowest BCUT2D eigenvalue weighted by molar-refractivity contribution is 0.0929. The molecule has 0 aromatic carbocycles. The number of pyridine rings is 1. The first kappa shape index (κ1) is 10.9. The van der Waals surface area contributed by atoms with Crippen molar-refractivity contribution in [2.75, 3.05) is 0 Å². The molecule has 1 saturated carbocycles. The minimum absolute atomic E-state index is 0.0722. The molecule has 2 atom stereocenters. The van der Waals surface area contributed by atoms with E-state index in [4.69, 9.17) is 5.73 Å². The predicted octanol–water partition coefficient (Wildman–Crippen LogP) is 0.397. The summed E-state index contributed by atoms with van der Waals surface area (Å²) in [6, 6.07) is 3.30. The van der Waals surface area contributed by atoms with Gasteiger partial charge in [0, 0.05) is 18.3 Å². The van der Waals surface area contributed by atoms with Crippen LogP contribution in [0.5, 0.6) is 5.75 Å². The summed E-state index contributed by atoms with van der Waals surface area (Å²) in [6.45, 7) is 0. The van der Waals surface area contributed by atoms with Crippen LogP contribution < -0.4 is 11.1 Å². The van der Waals surface area contributed by atoms with Gasteiger partial charge >= 0.3 is 0 Å². The second kappa shape index (κ2) is 4.49. The third-order valence-electron chi connectivity index (χ3n) is 2.81. The van der Waals surface area contributed by atoms with Crippen LogP contribution in [0.2, 0.25) is 0 Å². The Hall–Kier alpha value is -1.62. The maximum atomic E-state index is 11.8. The molecular formula is C11H15N3O2. The number of nitrogens with zero attached hydrogens (tertiary/aromatic N) is 1. The number of nitrogens with one attached hydrogen (secondary N) is 1. The Morgan fingerprint density at radius 3 is 3.00 bits per heavy atom. The monoisotopic (exact) mass is 221 g/mol. The summed E-state index contributed by atoms with van der Waals surface area (Å²) in [5.41, 5.74) is 5.83. The predicted molar refractivity (Wildman–Crippen MR) is 59.0 cm³/mol. The molecule has 4 N–H and O–H groups in total. The maximum Gasteiger partial charge on any atom is 0.273 e. The van der Waals surface area contributed by atoms with Gasteiger partial charge in [0.25, 0.3) is 5.91 Å². The van der Waals surface area contributed by atoms with Crippen LogP contribution in [0.4, 0.5) is 0 Å². The molecule has 1 aromatic heterocycles. The van der Waals surface area contributed by atoms with E-state index in [-0.39, 0.29) is 29.4 Å². The Bertz CT molecular complexity index is 395. The van der Waals surface area contributed by atoms with Crippen molar-refractivity contribution in [2.24, 2.45) is 5.73 Å². The van der Waals surface area contributed by atoms with Crippen LogP contribution in [-0.2, 0) is 0 Å². The van der Waals surface area contributed by atoms with Gasteiger partial charge in [0.15, 0.2) is 5.69 Å². The molecule has 5 nitrogen and oxygen atoms in total. The van der Waals surface area contributed by atoms with Crippen LogP contribution in [0.3, 0.4) is 0 Å². The molecule has 0 spiro atoms. The quantitative estimate of drug-likeness (QED) is 0.674. The van der Waals surface area contributed by atoms with Crippen molar-refractivity contribution in [3.8, 4) is 5.75 Å². The summed E-state index contributed by atoms with van der Waals surface area (Å²) in [6.07, 6.45) is 4.09. The Kier molecular flexibility index (Phi) is 3.05. The van der Waals surface area contributed by atoms with E-state index in [0.29, 0.717) is 0 Å². The van der Waals surface area contributed by atoms with Gasteiger partial charge in [0.1, 0.15) is 5.75 Å². The Morgan fingerprint density at radius 2 is 2.38 bits per heavy atom. The molecule has 0 bridgehead atoms. The van der Waals surface area contributed by atoms with E-state index in [1.165, 1.54) is 12.3 Å². The van der Waals surface area contributed by atoms with Crippen LogP contribution in [-0.4, -0.2) is 28.1 Å². The first-order valence-corrected chi connectivity index (χ1v) is 5.37. The zero-order valence-corrected chi connectivity index (χ0v) is 8.89. The van der Waals surface area contributed by atoms with Gasteiger partial charge in [-0.1, -0.05) is 0 Å². The van der Waals surface area contributed by atoms with Gasteiger partial charge in [-0.15, -0.1) is 0 Å². The lowest BCUT2D eigenvalue weighted by Gasteiger charge is -2.12. The van der Waals surface area contributed by atoms with Gasteiger partial charge in [0.05, 0.1) is 0 Å². The third-order valence-corrected chi connectivity index (χ3v) is 2.81. The Labute approximate surface area is 93.7 Å². The molecule has 2 rings (SSSR count). The molecule has 1 heterocycles. The average molecular weight is 221 g/mol. The van der Waals surface area contributed by atoms with E-state index in [2.05, 4.69) is 10.3 Å². The number of carbonyl (C=O) groups is 1. The molecule has 1 aliphatic carbocycles. The van der Waals surface area contributed by atoms with Crippen molar-refractivity contribution < 1.29 is 9.90 Å². The lowest BCUT2D eigenvalue weighted by Crippen LogP contribution is -2.34. The topological polar surface area (TPSA) is 88.2 Å². The summed E-state index contributed by atoms with van der Waals surface area (Å²) in [5.74, 6) is -0.431. The summed E-state index contributed by atoms with van der Waals surface area (Å²) < 4.78 is 0. The Morgan fingerprint density at radius 1 is 1.56 bits per heavy atom. The fraction of sp³-hybridized carbons (Fsp3) is 0.455. The maximum absolute atomic E-state index is 11.8. The number of aromatic nitrogens is 1. The summed E-state index contributed by atoms with van der Waals surface area (Å²) in [4.78, 5) is 15.6. The van der Waals surface area contributed by atoms with E-state index >= 15 is 0 Å². The van der Waals surface area contributed by atoms with E-state index in [9.17, 15) is 9.90 Å².